The van der Waals surface area contributed by atoms with E-state index < -0.39 is 18.2 Å². The van der Waals surface area contributed by atoms with Crippen LogP contribution < -0.4 is 4.74 Å². The summed E-state index contributed by atoms with van der Waals surface area (Å²) in [5.41, 5.74) is 0.465. The lowest BCUT2D eigenvalue weighted by atomic mass is 10.0. The lowest BCUT2D eigenvalue weighted by molar-refractivity contribution is -0.275. The van der Waals surface area contributed by atoms with Crippen molar-refractivity contribution in [3.05, 3.63) is 47.8 Å². The molecule has 0 saturated heterocycles. The molecule has 1 atom stereocenters. The topological polar surface area (TPSA) is 47.3 Å². The normalized spacial score (nSPS) is 13.2. The maximum absolute atomic E-state index is 12.4. The zero-order chi connectivity index (χ0) is 15.5. The predicted octanol–water partition coefficient (Wildman–Crippen LogP) is 3.27. The van der Waals surface area contributed by atoms with Crippen LogP contribution in [0.25, 0.3) is 0 Å². The summed E-state index contributed by atoms with van der Waals surface area (Å²) in [4.78, 5) is 0. The smallest absolute Gasteiger partial charge is 0.405 e. The average Bonchev–Trinajstić information content (AvgIpc) is 2.86. The molecule has 0 radical (unpaired) electrons. The third kappa shape index (κ3) is 3.98. The molecule has 0 spiro atoms. The number of hydrogen-bond donors (Lipinski definition) is 1. The molecule has 1 unspecified atom stereocenters. The fourth-order valence-corrected chi connectivity index (χ4v) is 1.98. The van der Waals surface area contributed by atoms with E-state index in [0.29, 0.717) is 12.1 Å². The quantitative estimate of drug-likeness (QED) is 0.922. The van der Waals surface area contributed by atoms with Crippen LogP contribution in [0.4, 0.5) is 13.2 Å². The summed E-state index contributed by atoms with van der Waals surface area (Å²) in [6.07, 6.45) is -2.12. The van der Waals surface area contributed by atoms with Crippen LogP contribution in [-0.2, 0) is 6.54 Å². The fourth-order valence-electron chi connectivity index (χ4n) is 1.98. The molecule has 21 heavy (non-hydrogen) atoms. The second-order valence-corrected chi connectivity index (χ2v) is 4.52. The summed E-state index contributed by atoms with van der Waals surface area (Å²) in [6.45, 7) is 2.65. The molecule has 114 valence electrons. The Balaban J connectivity index is 2.27. The van der Waals surface area contributed by atoms with Crippen LogP contribution in [0, 0.1) is 0 Å². The second-order valence-electron chi connectivity index (χ2n) is 4.52. The first-order valence-electron chi connectivity index (χ1n) is 6.46. The van der Waals surface area contributed by atoms with Crippen LogP contribution in [0.2, 0.25) is 0 Å². The number of rotatable bonds is 5. The fraction of sp³-hybridized carbons (Fsp3) is 0.357. The number of halogens is 3. The number of alkyl halides is 3. The number of aromatic nitrogens is 2. The minimum Gasteiger partial charge on any atom is -0.405 e. The van der Waals surface area contributed by atoms with Crippen molar-refractivity contribution in [2.75, 3.05) is 0 Å². The van der Waals surface area contributed by atoms with Gasteiger partial charge in [0.2, 0.25) is 0 Å². The number of aliphatic hydroxyl groups excluding tert-OH is 1. The lowest BCUT2D eigenvalue weighted by Crippen LogP contribution is -2.18. The first-order chi connectivity index (χ1) is 9.90. The monoisotopic (exact) mass is 300 g/mol. The predicted molar refractivity (Wildman–Crippen MR) is 69.7 cm³/mol. The Bertz CT molecular complexity index is 596. The van der Waals surface area contributed by atoms with Gasteiger partial charge in [-0.1, -0.05) is 25.1 Å². The maximum atomic E-state index is 12.4. The second kappa shape index (κ2) is 6.17. The maximum Gasteiger partial charge on any atom is 0.573 e. The molecule has 0 fully saturated rings. The van der Waals surface area contributed by atoms with Gasteiger partial charge in [-0.15, -0.1) is 13.2 Å². The number of aliphatic hydroxyl groups is 1. The van der Waals surface area contributed by atoms with E-state index in [1.54, 1.807) is 10.9 Å². The molecule has 0 bridgehead atoms. The molecule has 2 aromatic rings. The van der Waals surface area contributed by atoms with Crippen LogP contribution in [0.15, 0.2) is 36.7 Å². The largest absolute Gasteiger partial charge is 0.573 e. The standard InChI is InChI=1S/C14H15F3N2O2/c1-2-7-19-9-10(8-18-19)13(20)11-5-3-4-6-12(11)21-14(15,16)17/h3-6,8-9,13,20H,2,7H2,1H3. The van der Waals surface area contributed by atoms with Gasteiger partial charge in [-0.2, -0.15) is 5.10 Å². The van der Waals surface area contributed by atoms with Crippen LogP contribution in [0.3, 0.4) is 0 Å². The number of hydrogen-bond acceptors (Lipinski definition) is 3. The van der Waals surface area contributed by atoms with Gasteiger partial charge in [0.05, 0.1) is 6.20 Å². The highest BCUT2D eigenvalue weighted by Gasteiger charge is 2.33. The average molecular weight is 300 g/mol. The van der Waals surface area contributed by atoms with Gasteiger partial charge in [0, 0.05) is 23.9 Å². The van der Waals surface area contributed by atoms with Crippen molar-refractivity contribution in [1.29, 1.82) is 0 Å². The van der Waals surface area contributed by atoms with E-state index in [-0.39, 0.29) is 5.56 Å². The van der Waals surface area contributed by atoms with Crippen LogP contribution in [0.5, 0.6) is 5.75 Å². The number of aryl methyl sites for hydroxylation is 1. The Hall–Kier alpha value is -2.02. The molecule has 2 rings (SSSR count). The summed E-state index contributed by atoms with van der Waals surface area (Å²) < 4.78 is 42.7. The number of nitrogens with zero attached hydrogens (tertiary/aromatic N) is 2. The molecule has 0 aliphatic heterocycles. The van der Waals surface area contributed by atoms with E-state index in [0.717, 1.165) is 6.42 Å². The van der Waals surface area contributed by atoms with Crippen molar-refractivity contribution in [3.63, 3.8) is 0 Å². The van der Waals surface area contributed by atoms with E-state index in [2.05, 4.69) is 9.84 Å². The Morgan fingerprint density at radius 1 is 1.33 bits per heavy atom. The zero-order valence-electron chi connectivity index (χ0n) is 11.3. The van der Waals surface area contributed by atoms with Gasteiger partial charge in [0.1, 0.15) is 11.9 Å². The highest BCUT2D eigenvalue weighted by Crippen LogP contribution is 2.33. The summed E-state index contributed by atoms with van der Waals surface area (Å²) in [7, 11) is 0. The van der Waals surface area contributed by atoms with Crippen molar-refractivity contribution >= 4 is 0 Å². The minimum atomic E-state index is -4.80. The molecule has 0 saturated carbocycles. The number of ether oxygens (including phenoxy) is 1. The van der Waals surface area contributed by atoms with Crippen LogP contribution in [-0.4, -0.2) is 21.2 Å². The molecule has 1 aromatic carbocycles. The lowest BCUT2D eigenvalue weighted by Gasteiger charge is -2.16. The molecular formula is C14H15F3N2O2. The van der Waals surface area contributed by atoms with Crippen molar-refractivity contribution < 1.29 is 23.0 Å². The Kier molecular flexibility index (Phi) is 4.52. The zero-order valence-corrected chi connectivity index (χ0v) is 11.3. The summed E-state index contributed by atoms with van der Waals surface area (Å²) in [5, 5.41) is 14.3. The van der Waals surface area contributed by atoms with Crippen molar-refractivity contribution in [3.8, 4) is 5.75 Å². The van der Waals surface area contributed by atoms with Gasteiger partial charge in [0.25, 0.3) is 0 Å². The first kappa shape index (κ1) is 15.4. The van der Waals surface area contributed by atoms with Crippen molar-refractivity contribution in [2.24, 2.45) is 0 Å². The highest BCUT2D eigenvalue weighted by atomic mass is 19.4. The van der Waals surface area contributed by atoms with Crippen LogP contribution in [0.1, 0.15) is 30.6 Å². The van der Waals surface area contributed by atoms with Crippen molar-refractivity contribution in [1.82, 2.24) is 9.78 Å². The van der Waals surface area contributed by atoms with Gasteiger partial charge in [0.15, 0.2) is 0 Å². The third-order valence-corrected chi connectivity index (χ3v) is 2.86. The Morgan fingerprint density at radius 2 is 2.05 bits per heavy atom. The SMILES string of the molecule is CCCn1cc(C(O)c2ccccc2OC(F)(F)F)cn1. The molecule has 4 nitrogen and oxygen atoms in total. The van der Waals surface area contributed by atoms with Gasteiger partial charge < -0.3 is 9.84 Å². The first-order valence-corrected chi connectivity index (χ1v) is 6.46. The van der Waals surface area contributed by atoms with Gasteiger partial charge in [-0.3, -0.25) is 4.68 Å². The Labute approximate surface area is 119 Å². The summed E-state index contributed by atoms with van der Waals surface area (Å²) in [5.74, 6) is -0.416. The van der Waals surface area contributed by atoms with E-state index in [1.807, 2.05) is 6.92 Å². The van der Waals surface area contributed by atoms with E-state index in [4.69, 9.17) is 0 Å². The molecule has 1 aromatic heterocycles. The molecule has 0 aliphatic rings. The molecule has 0 aliphatic carbocycles. The minimum absolute atomic E-state index is 0.0471. The molecule has 1 heterocycles. The molecule has 0 amide bonds. The van der Waals surface area contributed by atoms with E-state index in [1.165, 1.54) is 30.5 Å². The Morgan fingerprint density at radius 3 is 2.71 bits per heavy atom. The van der Waals surface area contributed by atoms with Gasteiger partial charge >= 0.3 is 6.36 Å². The van der Waals surface area contributed by atoms with Crippen LogP contribution >= 0.6 is 0 Å². The summed E-state index contributed by atoms with van der Waals surface area (Å²) in [6, 6.07) is 5.52. The highest BCUT2D eigenvalue weighted by molar-refractivity contribution is 5.39. The van der Waals surface area contributed by atoms with E-state index in [9.17, 15) is 18.3 Å². The number of para-hydroxylation sites is 1. The third-order valence-electron chi connectivity index (χ3n) is 2.86. The molecule has 7 heteroatoms. The summed E-state index contributed by atoms with van der Waals surface area (Å²) >= 11 is 0. The van der Waals surface area contributed by atoms with Gasteiger partial charge in [-0.05, 0) is 12.5 Å². The molecule has 1 N–H and O–H groups in total. The number of benzene rings is 1. The van der Waals surface area contributed by atoms with E-state index >= 15 is 0 Å². The molecular weight excluding hydrogens is 285 g/mol. The van der Waals surface area contributed by atoms with Gasteiger partial charge in [-0.25, -0.2) is 0 Å². The van der Waals surface area contributed by atoms with Crippen molar-refractivity contribution in [2.45, 2.75) is 32.4 Å².